The molecule has 0 saturated carbocycles. The maximum Gasteiger partial charge on any atom is 0.143 e. The molecule has 0 fully saturated rings. The summed E-state index contributed by atoms with van der Waals surface area (Å²) in [5.41, 5.74) is 0. The summed E-state index contributed by atoms with van der Waals surface area (Å²) in [4.78, 5) is 9.98. The first kappa shape index (κ1) is 10.0. The minimum absolute atomic E-state index is 0. The fourth-order valence-corrected chi connectivity index (χ4v) is 0.249. The zero-order valence-corrected chi connectivity index (χ0v) is 5.34. The van der Waals surface area contributed by atoms with Gasteiger partial charge in [-0.3, -0.25) is 4.79 Å². The molecule has 0 aromatic carbocycles. The van der Waals surface area contributed by atoms with Gasteiger partial charge in [0.2, 0.25) is 0 Å². The highest BCUT2D eigenvalue weighted by Crippen LogP contribution is 1.57. The van der Waals surface area contributed by atoms with Gasteiger partial charge in [-0.2, -0.15) is 0 Å². The lowest BCUT2D eigenvalue weighted by Crippen LogP contribution is -2.14. The average Bonchev–Trinajstić information content (AvgIpc) is 1.35. The van der Waals surface area contributed by atoms with Crippen molar-refractivity contribution in [3.05, 3.63) is 0 Å². The minimum atomic E-state index is 0. The summed E-state index contributed by atoms with van der Waals surface area (Å²) in [6.07, 6.45) is 0. The molecule has 0 heterocycles. The summed E-state index contributed by atoms with van der Waals surface area (Å²) in [7, 11) is 1.75. The van der Waals surface area contributed by atoms with Crippen LogP contribution in [0, 0.1) is 0 Å². The van der Waals surface area contributed by atoms with Gasteiger partial charge in [0, 0.05) is 0 Å². The Hall–Kier alpha value is -0.0800. The second-order valence-electron chi connectivity index (χ2n) is 1.23. The summed E-state index contributed by atoms with van der Waals surface area (Å²) >= 11 is 0. The van der Waals surface area contributed by atoms with E-state index in [1.54, 1.807) is 14.0 Å². The number of Topliss-reactive ketones (excluding diaryl/α,β-unsaturated/α-hetero) is 1. The van der Waals surface area contributed by atoms with Crippen molar-refractivity contribution < 1.29 is 4.79 Å². The van der Waals surface area contributed by atoms with Crippen molar-refractivity contribution >= 4 is 18.2 Å². The third kappa shape index (κ3) is 10.7. The molecule has 3 heteroatoms. The third-order valence-corrected chi connectivity index (χ3v) is 0.426. The predicted octanol–water partition coefficient (Wildman–Crippen LogP) is 0.217. The second-order valence-corrected chi connectivity index (χ2v) is 1.23. The predicted molar refractivity (Wildman–Crippen MR) is 31.9 cm³/mol. The Labute approximate surface area is 49.7 Å². The van der Waals surface area contributed by atoms with Gasteiger partial charge in [-0.05, 0) is 14.0 Å². The van der Waals surface area contributed by atoms with Gasteiger partial charge in [0.05, 0.1) is 6.54 Å². The van der Waals surface area contributed by atoms with Gasteiger partial charge >= 0.3 is 0 Å². The number of carbonyl (C=O) groups excluding carboxylic acids is 1. The Morgan fingerprint density at radius 2 is 2.14 bits per heavy atom. The summed E-state index contributed by atoms with van der Waals surface area (Å²) < 4.78 is 0. The molecule has 0 unspecified atom stereocenters. The number of hydrogen-bond acceptors (Lipinski definition) is 2. The zero-order valence-electron chi connectivity index (χ0n) is 4.52. The van der Waals surface area contributed by atoms with Crippen LogP contribution in [0.4, 0.5) is 0 Å². The van der Waals surface area contributed by atoms with E-state index in [4.69, 9.17) is 0 Å². The van der Waals surface area contributed by atoms with Gasteiger partial charge in [-0.1, -0.05) is 0 Å². The zero-order chi connectivity index (χ0) is 4.99. The van der Waals surface area contributed by atoms with Gasteiger partial charge in [-0.15, -0.1) is 12.4 Å². The number of likely N-dealkylation sites (N-methyl/N-ethyl adjacent to an activating group) is 1. The highest BCUT2D eigenvalue weighted by molar-refractivity contribution is 5.85. The molecular weight excluding hydrogens is 114 g/mol. The molecule has 1 N–H and O–H groups in total. The van der Waals surface area contributed by atoms with Gasteiger partial charge in [0.1, 0.15) is 5.78 Å². The normalized spacial score (nSPS) is 7.14. The fourth-order valence-electron chi connectivity index (χ4n) is 0.249. The van der Waals surface area contributed by atoms with Crippen molar-refractivity contribution in [1.29, 1.82) is 0 Å². The molecule has 0 spiro atoms. The van der Waals surface area contributed by atoms with Crippen LogP contribution in [0.1, 0.15) is 6.92 Å². The molecule has 44 valence electrons. The molecular formula is C4H10ClNO. The minimum Gasteiger partial charge on any atom is -0.313 e. The van der Waals surface area contributed by atoms with E-state index in [9.17, 15) is 4.79 Å². The molecule has 0 amide bonds. The van der Waals surface area contributed by atoms with Crippen molar-refractivity contribution in [3.63, 3.8) is 0 Å². The first-order chi connectivity index (χ1) is 2.77. The lowest BCUT2D eigenvalue weighted by Gasteiger charge is -1.85. The maximum absolute atomic E-state index is 9.98. The SMILES string of the molecule is CNCC(C)=O.Cl. The first-order valence-electron chi connectivity index (χ1n) is 1.91. The van der Waals surface area contributed by atoms with Crippen molar-refractivity contribution in [2.75, 3.05) is 13.6 Å². The standard InChI is InChI=1S/C4H9NO.ClH/c1-4(6)3-5-2;/h5H,3H2,1-2H3;1H. The van der Waals surface area contributed by atoms with Crippen LogP contribution < -0.4 is 5.32 Å². The quantitative estimate of drug-likeness (QED) is 0.569. The van der Waals surface area contributed by atoms with Crippen LogP contribution in [0.5, 0.6) is 0 Å². The van der Waals surface area contributed by atoms with Crippen molar-refractivity contribution in [2.24, 2.45) is 0 Å². The van der Waals surface area contributed by atoms with Crippen molar-refractivity contribution in [1.82, 2.24) is 5.32 Å². The lowest BCUT2D eigenvalue weighted by atomic mass is 10.5. The fraction of sp³-hybridized carbons (Fsp3) is 0.750. The molecule has 0 rings (SSSR count). The molecule has 0 aromatic heterocycles. The number of nitrogens with one attached hydrogen (secondary N) is 1. The van der Waals surface area contributed by atoms with Gasteiger partial charge in [0.25, 0.3) is 0 Å². The first-order valence-corrected chi connectivity index (χ1v) is 1.91. The number of rotatable bonds is 2. The van der Waals surface area contributed by atoms with E-state index in [1.165, 1.54) is 0 Å². The van der Waals surface area contributed by atoms with Crippen LogP contribution in [0.3, 0.4) is 0 Å². The van der Waals surface area contributed by atoms with E-state index < -0.39 is 0 Å². The topological polar surface area (TPSA) is 29.1 Å². The maximum atomic E-state index is 9.98. The Morgan fingerprint density at radius 1 is 1.71 bits per heavy atom. The smallest absolute Gasteiger partial charge is 0.143 e. The summed E-state index contributed by atoms with van der Waals surface area (Å²) in [5.74, 6) is 0.178. The Kier molecular flexibility index (Phi) is 8.47. The van der Waals surface area contributed by atoms with E-state index in [0.29, 0.717) is 6.54 Å². The van der Waals surface area contributed by atoms with Gasteiger partial charge in [-0.25, -0.2) is 0 Å². The van der Waals surface area contributed by atoms with Crippen molar-refractivity contribution in [3.8, 4) is 0 Å². The third-order valence-electron chi connectivity index (χ3n) is 0.426. The molecule has 0 aliphatic heterocycles. The Balaban J connectivity index is 0. The summed E-state index contributed by atoms with van der Waals surface area (Å²) in [6.45, 7) is 2.04. The lowest BCUT2D eigenvalue weighted by molar-refractivity contribution is -0.116. The van der Waals surface area contributed by atoms with Crippen LogP contribution in [0.2, 0.25) is 0 Å². The van der Waals surface area contributed by atoms with E-state index in [2.05, 4.69) is 5.32 Å². The molecule has 0 saturated heterocycles. The Morgan fingerprint density at radius 3 is 2.14 bits per heavy atom. The van der Waals surface area contributed by atoms with E-state index in [-0.39, 0.29) is 18.2 Å². The molecule has 0 aliphatic carbocycles. The van der Waals surface area contributed by atoms with E-state index >= 15 is 0 Å². The molecule has 0 radical (unpaired) electrons. The van der Waals surface area contributed by atoms with Gasteiger partial charge in [0.15, 0.2) is 0 Å². The van der Waals surface area contributed by atoms with Crippen molar-refractivity contribution in [2.45, 2.75) is 6.92 Å². The second kappa shape index (κ2) is 5.92. The average molecular weight is 124 g/mol. The molecule has 2 nitrogen and oxygen atoms in total. The highest BCUT2D eigenvalue weighted by Gasteiger charge is 1.82. The number of ketones is 1. The van der Waals surface area contributed by atoms with E-state index in [0.717, 1.165) is 0 Å². The summed E-state index contributed by atoms with van der Waals surface area (Å²) in [5, 5.41) is 2.72. The van der Waals surface area contributed by atoms with Crippen LogP contribution in [0.25, 0.3) is 0 Å². The molecule has 0 atom stereocenters. The van der Waals surface area contributed by atoms with Crippen LogP contribution in [-0.2, 0) is 4.79 Å². The van der Waals surface area contributed by atoms with Crippen LogP contribution in [-0.4, -0.2) is 19.4 Å². The van der Waals surface area contributed by atoms with Gasteiger partial charge < -0.3 is 5.32 Å². The highest BCUT2D eigenvalue weighted by atomic mass is 35.5. The number of hydrogen-bond donors (Lipinski definition) is 1. The number of halogens is 1. The van der Waals surface area contributed by atoms with Crippen LogP contribution >= 0.6 is 12.4 Å². The molecule has 0 aromatic rings. The molecule has 7 heavy (non-hydrogen) atoms. The molecule has 0 aliphatic rings. The number of carbonyl (C=O) groups is 1. The Bertz CT molecular complexity index is 55.7. The van der Waals surface area contributed by atoms with E-state index in [1.807, 2.05) is 0 Å². The van der Waals surface area contributed by atoms with Crippen LogP contribution in [0.15, 0.2) is 0 Å². The molecule has 0 bridgehead atoms. The largest absolute Gasteiger partial charge is 0.313 e. The summed E-state index contributed by atoms with van der Waals surface area (Å²) in [6, 6.07) is 0. The monoisotopic (exact) mass is 123 g/mol.